The molecule has 7 nitrogen and oxygen atoms in total. The van der Waals surface area contributed by atoms with E-state index in [2.05, 4.69) is 31.4 Å². The third kappa shape index (κ3) is 6.99. The molecule has 0 saturated heterocycles. The molecule has 35 heavy (non-hydrogen) atoms. The molecule has 2 N–H and O–H groups in total. The normalized spacial score (nSPS) is 11.3. The number of nitrogens with one attached hydrogen (secondary N) is 2. The highest BCUT2D eigenvalue weighted by atomic mass is 35.5. The quantitative estimate of drug-likeness (QED) is 0.348. The standard InChI is InChI=1S/C26H31Cl2N5O2/c1-5-6-15-32(25(35)30-24-19(27)13-10-14-20(24)28)17-23(34)29-22-16-21(26(2,3)4)31-33(22)18-11-8-7-9-12-18/h7-14,16H,5-6,15,17H2,1-4H3,(H,29,34)(H,30,35). The molecule has 0 spiro atoms. The van der Waals surface area contributed by atoms with Gasteiger partial charge in [-0.25, -0.2) is 9.48 Å². The zero-order valence-corrected chi connectivity index (χ0v) is 22.0. The van der Waals surface area contributed by atoms with E-state index >= 15 is 0 Å². The molecule has 0 atom stereocenters. The van der Waals surface area contributed by atoms with Crippen molar-refractivity contribution in [2.24, 2.45) is 0 Å². The molecule has 0 aliphatic rings. The van der Waals surface area contributed by atoms with Gasteiger partial charge in [0.25, 0.3) is 0 Å². The Labute approximate surface area is 216 Å². The molecule has 3 aromatic rings. The summed E-state index contributed by atoms with van der Waals surface area (Å²) in [5, 5.41) is 11.1. The fourth-order valence-corrected chi connectivity index (χ4v) is 3.85. The smallest absolute Gasteiger partial charge is 0.315 e. The predicted molar refractivity (Wildman–Crippen MR) is 143 cm³/mol. The van der Waals surface area contributed by atoms with E-state index in [1.807, 2.05) is 43.3 Å². The van der Waals surface area contributed by atoms with E-state index in [1.165, 1.54) is 4.90 Å². The molecule has 0 bridgehead atoms. The number of hydrogen-bond acceptors (Lipinski definition) is 3. The maximum atomic E-state index is 13.1. The van der Waals surface area contributed by atoms with Gasteiger partial charge in [0.15, 0.2) is 0 Å². The average molecular weight is 516 g/mol. The Bertz CT molecular complexity index is 1150. The van der Waals surface area contributed by atoms with Crippen LogP contribution in [0.25, 0.3) is 5.69 Å². The lowest BCUT2D eigenvalue weighted by molar-refractivity contribution is -0.116. The molecule has 1 aromatic heterocycles. The summed E-state index contributed by atoms with van der Waals surface area (Å²) in [5.74, 6) is 0.204. The second-order valence-electron chi connectivity index (χ2n) is 9.26. The predicted octanol–water partition coefficient (Wildman–Crippen LogP) is 6.75. The van der Waals surface area contributed by atoms with Gasteiger partial charge in [0.2, 0.25) is 5.91 Å². The van der Waals surface area contributed by atoms with Gasteiger partial charge in [-0.3, -0.25) is 4.79 Å². The number of halogens is 2. The second-order valence-corrected chi connectivity index (χ2v) is 10.1. The van der Waals surface area contributed by atoms with E-state index in [9.17, 15) is 9.59 Å². The Kier molecular flexibility index (Phi) is 8.81. The summed E-state index contributed by atoms with van der Waals surface area (Å²) >= 11 is 12.4. The van der Waals surface area contributed by atoms with Crippen LogP contribution in [0.15, 0.2) is 54.6 Å². The minimum Gasteiger partial charge on any atom is -0.315 e. The van der Waals surface area contributed by atoms with E-state index in [4.69, 9.17) is 28.3 Å². The number of urea groups is 1. The van der Waals surface area contributed by atoms with Crippen LogP contribution < -0.4 is 10.6 Å². The van der Waals surface area contributed by atoms with Crippen LogP contribution >= 0.6 is 23.2 Å². The maximum absolute atomic E-state index is 13.1. The van der Waals surface area contributed by atoms with Gasteiger partial charge in [0.1, 0.15) is 12.4 Å². The van der Waals surface area contributed by atoms with E-state index < -0.39 is 6.03 Å². The highest BCUT2D eigenvalue weighted by molar-refractivity contribution is 6.39. The Hall–Kier alpha value is -3.03. The Morgan fingerprint density at radius 3 is 2.26 bits per heavy atom. The van der Waals surface area contributed by atoms with Crippen molar-refractivity contribution in [2.45, 2.75) is 46.0 Å². The Balaban J connectivity index is 1.81. The number of anilines is 2. The van der Waals surface area contributed by atoms with Crippen LogP contribution in [0.2, 0.25) is 10.0 Å². The topological polar surface area (TPSA) is 79.3 Å². The summed E-state index contributed by atoms with van der Waals surface area (Å²) in [7, 11) is 0. The first-order valence-corrected chi connectivity index (χ1v) is 12.3. The van der Waals surface area contributed by atoms with Crippen molar-refractivity contribution in [1.82, 2.24) is 14.7 Å². The first-order chi connectivity index (χ1) is 16.6. The number of carbonyl (C=O) groups excluding carboxylic acids is 2. The van der Waals surface area contributed by atoms with Crippen molar-refractivity contribution in [3.63, 3.8) is 0 Å². The molecule has 2 aromatic carbocycles. The molecule has 0 radical (unpaired) electrons. The first-order valence-electron chi connectivity index (χ1n) is 11.6. The van der Waals surface area contributed by atoms with Crippen LogP contribution in [-0.4, -0.2) is 39.7 Å². The van der Waals surface area contributed by atoms with Crippen LogP contribution in [0.1, 0.15) is 46.2 Å². The lowest BCUT2D eigenvalue weighted by Gasteiger charge is -2.23. The first kappa shape index (κ1) is 26.6. The molecule has 0 fully saturated rings. The highest BCUT2D eigenvalue weighted by Crippen LogP contribution is 2.30. The average Bonchev–Trinajstić information content (AvgIpc) is 3.24. The van der Waals surface area contributed by atoms with Crippen molar-refractivity contribution < 1.29 is 9.59 Å². The van der Waals surface area contributed by atoms with Gasteiger partial charge in [0.05, 0.1) is 27.1 Å². The number of aromatic nitrogens is 2. The third-order valence-electron chi connectivity index (χ3n) is 5.34. The molecule has 186 valence electrons. The molecule has 0 aliphatic heterocycles. The fourth-order valence-electron chi connectivity index (χ4n) is 3.36. The van der Waals surface area contributed by atoms with E-state index in [0.29, 0.717) is 28.1 Å². The summed E-state index contributed by atoms with van der Waals surface area (Å²) in [6.45, 7) is 8.47. The number of benzene rings is 2. The molecule has 0 unspecified atom stereocenters. The monoisotopic (exact) mass is 515 g/mol. The van der Waals surface area contributed by atoms with Crippen molar-refractivity contribution in [2.75, 3.05) is 23.7 Å². The molecule has 1 heterocycles. The van der Waals surface area contributed by atoms with E-state index in [-0.39, 0.29) is 17.9 Å². The summed E-state index contributed by atoms with van der Waals surface area (Å²) in [5.41, 5.74) is 1.78. The lowest BCUT2D eigenvalue weighted by atomic mass is 9.92. The van der Waals surface area contributed by atoms with Crippen molar-refractivity contribution in [3.8, 4) is 5.69 Å². The second kappa shape index (κ2) is 11.6. The molecule has 3 rings (SSSR count). The minimum absolute atomic E-state index is 0.140. The van der Waals surface area contributed by atoms with Crippen molar-refractivity contribution >= 4 is 46.6 Å². The van der Waals surface area contributed by atoms with Crippen molar-refractivity contribution in [3.05, 3.63) is 70.3 Å². The Morgan fingerprint density at radius 2 is 1.66 bits per heavy atom. The number of rotatable bonds is 8. The number of amides is 3. The molecular weight excluding hydrogens is 485 g/mol. The number of unbranched alkanes of at least 4 members (excludes halogenated alkanes) is 1. The van der Waals surface area contributed by atoms with Gasteiger partial charge >= 0.3 is 6.03 Å². The van der Waals surface area contributed by atoms with E-state index in [0.717, 1.165) is 24.2 Å². The van der Waals surface area contributed by atoms with Gasteiger partial charge in [-0.1, -0.05) is 81.6 Å². The van der Waals surface area contributed by atoms with Gasteiger partial charge < -0.3 is 15.5 Å². The third-order valence-corrected chi connectivity index (χ3v) is 5.97. The number of para-hydroxylation sites is 2. The molecule has 3 amide bonds. The summed E-state index contributed by atoms with van der Waals surface area (Å²) in [6, 6.07) is 16.0. The van der Waals surface area contributed by atoms with Crippen molar-refractivity contribution in [1.29, 1.82) is 0 Å². The highest BCUT2D eigenvalue weighted by Gasteiger charge is 2.23. The van der Waals surface area contributed by atoms with Crippen LogP contribution in [-0.2, 0) is 10.2 Å². The lowest BCUT2D eigenvalue weighted by Crippen LogP contribution is -2.41. The minimum atomic E-state index is -0.449. The number of nitrogens with zero attached hydrogens (tertiary/aromatic N) is 3. The zero-order valence-electron chi connectivity index (χ0n) is 20.4. The molecular formula is C26H31Cl2N5O2. The number of carbonyl (C=O) groups is 2. The summed E-state index contributed by atoms with van der Waals surface area (Å²) in [4.78, 5) is 27.6. The van der Waals surface area contributed by atoms with E-state index in [1.54, 1.807) is 22.9 Å². The van der Waals surface area contributed by atoms with Crippen LogP contribution in [0, 0.1) is 0 Å². The van der Waals surface area contributed by atoms with Crippen LogP contribution in [0.5, 0.6) is 0 Å². The SMILES string of the molecule is CCCCN(CC(=O)Nc1cc(C(C)(C)C)nn1-c1ccccc1)C(=O)Nc1c(Cl)cccc1Cl. The van der Waals surface area contributed by atoms with Gasteiger partial charge in [0, 0.05) is 18.0 Å². The molecule has 0 aliphatic carbocycles. The van der Waals surface area contributed by atoms with Crippen LogP contribution in [0.3, 0.4) is 0 Å². The number of hydrogen-bond donors (Lipinski definition) is 2. The molecule has 0 saturated carbocycles. The fraction of sp³-hybridized carbons (Fsp3) is 0.346. The van der Waals surface area contributed by atoms with Gasteiger partial charge in [-0.15, -0.1) is 0 Å². The zero-order chi connectivity index (χ0) is 25.6. The maximum Gasteiger partial charge on any atom is 0.322 e. The van der Waals surface area contributed by atoms with Gasteiger partial charge in [-0.05, 0) is 30.7 Å². The molecule has 9 heteroatoms. The van der Waals surface area contributed by atoms with Crippen LogP contribution in [0.4, 0.5) is 16.3 Å². The Morgan fingerprint density at radius 1 is 1.00 bits per heavy atom. The summed E-state index contributed by atoms with van der Waals surface area (Å²) in [6.07, 6.45) is 1.61. The van der Waals surface area contributed by atoms with Gasteiger partial charge in [-0.2, -0.15) is 5.10 Å². The summed E-state index contributed by atoms with van der Waals surface area (Å²) < 4.78 is 1.71. The largest absolute Gasteiger partial charge is 0.322 e.